The summed E-state index contributed by atoms with van der Waals surface area (Å²) in [6.07, 6.45) is 0. The fourth-order valence-electron chi connectivity index (χ4n) is 1.40. The van der Waals surface area contributed by atoms with E-state index in [0.717, 1.165) is 12.4 Å². The standard InChI is InChI=1S/C10H11O.C2H6.Re/c1-10(2)7-11-9-6-4-3-5-8(9)10;1-2;/h3-5H,7H2,1-2H3;1-2H3;/q-1;;. The molecule has 0 saturated carbocycles. The summed E-state index contributed by atoms with van der Waals surface area (Å²) >= 11 is 0. The molecule has 0 amide bonds. The summed E-state index contributed by atoms with van der Waals surface area (Å²) < 4.78 is 5.46. The molecule has 1 aromatic rings. The van der Waals surface area contributed by atoms with Crippen LogP contribution in [-0.4, -0.2) is 6.61 Å². The zero-order valence-electron chi connectivity index (χ0n) is 9.23. The van der Waals surface area contributed by atoms with Crippen LogP contribution in [0.15, 0.2) is 18.2 Å². The molecule has 1 nitrogen and oxygen atoms in total. The number of ether oxygens (including phenoxy) is 1. The van der Waals surface area contributed by atoms with Gasteiger partial charge < -0.3 is 4.74 Å². The van der Waals surface area contributed by atoms with Crippen LogP contribution >= 0.6 is 0 Å². The summed E-state index contributed by atoms with van der Waals surface area (Å²) in [5.74, 6) is 0.928. The van der Waals surface area contributed by atoms with Gasteiger partial charge in [-0.2, -0.15) is 18.2 Å². The molecule has 0 bridgehead atoms. The number of fused-ring (bicyclic) bond motifs is 1. The quantitative estimate of drug-likeness (QED) is 0.644. The smallest absolute Gasteiger partial charge is 0.0838 e. The van der Waals surface area contributed by atoms with Gasteiger partial charge in [0.15, 0.2) is 0 Å². The maximum Gasteiger partial charge on any atom is 0.0838 e. The van der Waals surface area contributed by atoms with Crippen molar-refractivity contribution in [3.05, 3.63) is 29.8 Å². The van der Waals surface area contributed by atoms with Crippen LogP contribution in [0.5, 0.6) is 5.75 Å². The topological polar surface area (TPSA) is 9.23 Å². The number of hydrogen-bond donors (Lipinski definition) is 0. The number of hydrogen-bond acceptors (Lipinski definition) is 1. The molecule has 0 aromatic heterocycles. The molecular formula is C12H17ORe-. The molecule has 2 heteroatoms. The van der Waals surface area contributed by atoms with Crippen LogP contribution in [0.25, 0.3) is 0 Å². The largest absolute Gasteiger partial charge is 0.519 e. The van der Waals surface area contributed by atoms with Crippen LogP contribution in [-0.2, 0) is 25.8 Å². The molecule has 0 aliphatic carbocycles. The van der Waals surface area contributed by atoms with Gasteiger partial charge in [0.2, 0.25) is 0 Å². The van der Waals surface area contributed by atoms with E-state index in [0.29, 0.717) is 0 Å². The van der Waals surface area contributed by atoms with E-state index in [9.17, 15) is 0 Å². The third-order valence-corrected chi connectivity index (χ3v) is 2.12. The predicted octanol–water partition coefficient (Wildman–Crippen LogP) is 3.18. The maximum absolute atomic E-state index is 5.46. The zero-order valence-corrected chi connectivity index (χ0v) is 11.9. The van der Waals surface area contributed by atoms with Gasteiger partial charge in [0.25, 0.3) is 0 Å². The van der Waals surface area contributed by atoms with Crippen molar-refractivity contribution in [2.45, 2.75) is 33.1 Å². The van der Waals surface area contributed by atoms with Crippen LogP contribution < -0.4 is 4.74 Å². The normalized spacial score (nSPS) is 15.4. The van der Waals surface area contributed by atoms with Crippen LogP contribution in [0.3, 0.4) is 0 Å². The Hall–Kier alpha value is -0.318. The van der Waals surface area contributed by atoms with E-state index in [-0.39, 0.29) is 25.8 Å². The van der Waals surface area contributed by atoms with Crippen LogP contribution in [0.2, 0.25) is 0 Å². The van der Waals surface area contributed by atoms with Gasteiger partial charge in [0.05, 0.1) is 6.61 Å². The fraction of sp³-hybridized carbons (Fsp3) is 0.500. The molecular weight excluding hydrogens is 346 g/mol. The molecule has 1 aliphatic heterocycles. The van der Waals surface area contributed by atoms with Gasteiger partial charge in [-0.3, -0.25) is 0 Å². The molecule has 0 N–H and O–H groups in total. The summed E-state index contributed by atoms with van der Waals surface area (Å²) in [6, 6.07) is 9.09. The Morgan fingerprint density at radius 3 is 2.57 bits per heavy atom. The van der Waals surface area contributed by atoms with Crippen molar-refractivity contribution < 1.29 is 25.2 Å². The minimum atomic E-state index is 0. The minimum Gasteiger partial charge on any atom is -0.519 e. The van der Waals surface area contributed by atoms with Gasteiger partial charge in [-0.1, -0.05) is 27.7 Å². The molecule has 1 aromatic carbocycles. The van der Waals surface area contributed by atoms with E-state index in [1.54, 1.807) is 0 Å². The fourth-order valence-corrected chi connectivity index (χ4v) is 1.40. The second kappa shape index (κ2) is 5.54. The molecule has 0 unspecified atom stereocenters. The first-order chi connectivity index (χ1) is 6.20. The van der Waals surface area contributed by atoms with Gasteiger partial charge in [0, 0.05) is 26.2 Å². The third kappa shape index (κ3) is 2.59. The molecule has 14 heavy (non-hydrogen) atoms. The molecule has 1 radical (unpaired) electrons. The Morgan fingerprint density at radius 1 is 1.36 bits per heavy atom. The first kappa shape index (κ1) is 13.7. The van der Waals surface area contributed by atoms with Crippen LogP contribution in [0.1, 0.15) is 33.3 Å². The van der Waals surface area contributed by atoms with Gasteiger partial charge in [-0.15, -0.1) is 11.6 Å². The summed E-state index contributed by atoms with van der Waals surface area (Å²) in [5, 5.41) is 0. The van der Waals surface area contributed by atoms with E-state index in [2.05, 4.69) is 26.0 Å². The van der Waals surface area contributed by atoms with Crippen molar-refractivity contribution in [1.29, 1.82) is 0 Å². The van der Waals surface area contributed by atoms with E-state index in [1.165, 1.54) is 5.56 Å². The summed E-state index contributed by atoms with van der Waals surface area (Å²) in [7, 11) is 0. The molecule has 2 rings (SSSR count). The molecule has 1 aliphatic rings. The van der Waals surface area contributed by atoms with Crippen molar-refractivity contribution in [1.82, 2.24) is 0 Å². The second-order valence-electron chi connectivity index (χ2n) is 3.59. The first-order valence-corrected chi connectivity index (χ1v) is 4.84. The second-order valence-corrected chi connectivity index (χ2v) is 3.59. The maximum atomic E-state index is 5.46. The van der Waals surface area contributed by atoms with Gasteiger partial charge in [0.1, 0.15) is 0 Å². The molecule has 0 fully saturated rings. The molecule has 0 saturated heterocycles. The van der Waals surface area contributed by atoms with Crippen LogP contribution in [0, 0.1) is 6.07 Å². The first-order valence-electron chi connectivity index (χ1n) is 4.84. The Balaban J connectivity index is 0.000000531. The molecule has 1 heterocycles. The Morgan fingerprint density at radius 2 is 2.00 bits per heavy atom. The van der Waals surface area contributed by atoms with Gasteiger partial charge in [-0.25, -0.2) is 0 Å². The van der Waals surface area contributed by atoms with Crippen molar-refractivity contribution in [3.8, 4) is 5.75 Å². The van der Waals surface area contributed by atoms with E-state index >= 15 is 0 Å². The molecule has 0 atom stereocenters. The summed E-state index contributed by atoms with van der Waals surface area (Å²) in [4.78, 5) is 0. The van der Waals surface area contributed by atoms with E-state index in [1.807, 2.05) is 26.0 Å². The van der Waals surface area contributed by atoms with Crippen LogP contribution in [0.4, 0.5) is 0 Å². The van der Waals surface area contributed by atoms with Crippen molar-refractivity contribution >= 4 is 0 Å². The Bertz CT molecular complexity index is 281. The number of benzene rings is 1. The van der Waals surface area contributed by atoms with Crippen molar-refractivity contribution in [2.24, 2.45) is 0 Å². The van der Waals surface area contributed by atoms with Gasteiger partial charge in [-0.05, 0) is 5.41 Å². The third-order valence-electron chi connectivity index (χ3n) is 2.12. The van der Waals surface area contributed by atoms with Crippen molar-refractivity contribution in [2.75, 3.05) is 6.61 Å². The number of para-hydroxylation sites is 1. The summed E-state index contributed by atoms with van der Waals surface area (Å²) in [5.41, 5.74) is 1.45. The summed E-state index contributed by atoms with van der Waals surface area (Å²) in [6.45, 7) is 9.15. The van der Waals surface area contributed by atoms with Gasteiger partial charge >= 0.3 is 0 Å². The average molecular weight is 363 g/mol. The molecule has 0 spiro atoms. The van der Waals surface area contributed by atoms with Crippen molar-refractivity contribution in [3.63, 3.8) is 0 Å². The Labute approximate surface area is 101 Å². The molecule has 79 valence electrons. The van der Waals surface area contributed by atoms with E-state index in [4.69, 9.17) is 4.74 Å². The average Bonchev–Trinajstić information content (AvgIpc) is 2.47. The Kier molecular flexibility index (Phi) is 5.41. The number of rotatable bonds is 0. The van der Waals surface area contributed by atoms with E-state index < -0.39 is 0 Å². The SMILES string of the molecule is CC.CC1(C)COc2[c-]cccc21.[Re]. The minimum absolute atomic E-state index is 0. The zero-order chi connectivity index (χ0) is 9.90. The predicted molar refractivity (Wildman–Crippen MR) is 55.1 cm³/mol. The monoisotopic (exact) mass is 364 g/mol.